The zero-order valence-electron chi connectivity index (χ0n) is 13.7. The van der Waals surface area contributed by atoms with E-state index < -0.39 is 0 Å². The van der Waals surface area contributed by atoms with Crippen molar-refractivity contribution in [2.75, 3.05) is 11.6 Å². The molecule has 1 saturated carbocycles. The molecule has 1 aliphatic rings. The van der Waals surface area contributed by atoms with Gasteiger partial charge in [0.15, 0.2) is 0 Å². The van der Waals surface area contributed by atoms with Crippen molar-refractivity contribution in [1.82, 2.24) is 9.97 Å². The second kappa shape index (κ2) is 6.74. The maximum absolute atomic E-state index is 6.29. The van der Waals surface area contributed by atoms with E-state index in [0.717, 1.165) is 22.5 Å². The van der Waals surface area contributed by atoms with Gasteiger partial charge in [-0.25, -0.2) is 9.97 Å². The fraction of sp³-hybridized carbons (Fsp3) is 0.750. The van der Waals surface area contributed by atoms with Crippen LogP contribution in [0.2, 0.25) is 5.15 Å². The van der Waals surface area contributed by atoms with Gasteiger partial charge >= 0.3 is 0 Å². The van der Waals surface area contributed by atoms with E-state index in [4.69, 9.17) is 16.6 Å². The molecule has 1 aliphatic carbocycles. The molecule has 0 spiro atoms. The average molecular weight is 328 g/mol. The number of thioether (sulfide) groups is 1. The van der Waals surface area contributed by atoms with Crippen LogP contribution in [0.1, 0.15) is 57.8 Å². The Morgan fingerprint density at radius 1 is 1.14 bits per heavy atom. The van der Waals surface area contributed by atoms with E-state index in [1.807, 2.05) is 18.7 Å². The minimum Gasteiger partial charge on any atom is -0.367 e. The van der Waals surface area contributed by atoms with Gasteiger partial charge in [0, 0.05) is 22.3 Å². The average Bonchev–Trinajstić information content (AvgIpc) is 2.43. The molecule has 0 amide bonds. The van der Waals surface area contributed by atoms with E-state index >= 15 is 0 Å². The largest absolute Gasteiger partial charge is 0.367 e. The van der Waals surface area contributed by atoms with Gasteiger partial charge in [-0.1, -0.05) is 32.4 Å². The van der Waals surface area contributed by atoms with Crippen molar-refractivity contribution in [2.24, 2.45) is 0 Å². The van der Waals surface area contributed by atoms with Gasteiger partial charge in [-0.2, -0.15) is 11.8 Å². The normalized spacial score (nSPS) is 23.1. The lowest BCUT2D eigenvalue weighted by Gasteiger charge is -2.29. The summed E-state index contributed by atoms with van der Waals surface area (Å²) in [5.41, 5.74) is 0.862. The summed E-state index contributed by atoms with van der Waals surface area (Å²) in [5.74, 6) is 1.71. The van der Waals surface area contributed by atoms with Crippen molar-refractivity contribution >= 4 is 29.2 Å². The molecule has 1 fully saturated rings. The van der Waals surface area contributed by atoms with Gasteiger partial charge in [0.1, 0.15) is 16.8 Å². The maximum atomic E-state index is 6.29. The predicted molar refractivity (Wildman–Crippen MR) is 93.7 cm³/mol. The Labute approximate surface area is 137 Å². The van der Waals surface area contributed by atoms with E-state index in [1.54, 1.807) is 0 Å². The summed E-state index contributed by atoms with van der Waals surface area (Å²) in [7, 11) is 0. The van der Waals surface area contributed by atoms with Crippen molar-refractivity contribution in [3.05, 3.63) is 16.5 Å². The van der Waals surface area contributed by atoms with Crippen LogP contribution < -0.4 is 5.32 Å². The van der Waals surface area contributed by atoms with Crippen LogP contribution in [0.15, 0.2) is 0 Å². The highest BCUT2D eigenvalue weighted by molar-refractivity contribution is 7.99. The SMILES string of the molecule is CSC1CCC(Nc2nc(C(C)(C)C)nc(Cl)c2C)CC1. The second-order valence-electron chi connectivity index (χ2n) is 6.92. The van der Waals surface area contributed by atoms with Crippen LogP contribution in [0.3, 0.4) is 0 Å². The first-order valence-electron chi connectivity index (χ1n) is 7.65. The van der Waals surface area contributed by atoms with Gasteiger partial charge < -0.3 is 5.32 Å². The first-order chi connectivity index (χ1) is 9.81. The minimum absolute atomic E-state index is 0.0930. The van der Waals surface area contributed by atoms with E-state index in [2.05, 4.69) is 37.3 Å². The number of nitrogens with zero attached hydrogens (tertiary/aromatic N) is 2. The highest BCUT2D eigenvalue weighted by Gasteiger charge is 2.24. The van der Waals surface area contributed by atoms with Crippen molar-refractivity contribution in [2.45, 2.75) is 70.1 Å². The Kier molecular flexibility index (Phi) is 5.42. The fourth-order valence-electron chi connectivity index (χ4n) is 2.60. The van der Waals surface area contributed by atoms with Gasteiger partial charge in [-0.05, 0) is 38.9 Å². The van der Waals surface area contributed by atoms with Crippen molar-refractivity contribution in [1.29, 1.82) is 0 Å². The lowest BCUT2D eigenvalue weighted by molar-refractivity contribution is 0.471. The van der Waals surface area contributed by atoms with E-state index in [-0.39, 0.29) is 5.41 Å². The van der Waals surface area contributed by atoms with Gasteiger partial charge in [0.2, 0.25) is 0 Å². The summed E-state index contributed by atoms with van der Waals surface area (Å²) in [6.07, 6.45) is 7.18. The van der Waals surface area contributed by atoms with Crippen molar-refractivity contribution in [3.8, 4) is 0 Å². The summed E-state index contributed by atoms with van der Waals surface area (Å²) < 4.78 is 0. The molecule has 1 heterocycles. The van der Waals surface area contributed by atoms with Gasteiger partial charge in [-0.3, -0.25) is 0 Å². The monoisotopic (exact) mass is 327 g/mol. The molecule has 1 N–H and O–H groups in total. The summed E-state index contributed by atoms with van der Waals surface area (Å²) in [4.78, 5) is 9.16. The van der Waals surface area contributed by atoms with Crippen LogP contribution >= 0.6 is 23.4 Å². The maximum Gasteiger partial charge on any atom is 0.137 e. The Bertz CT molecular complexity index is 491. The fourth-order valence-corrected chi connectivity index (χ4v) is 3.51. The molecule has 0 radical (unpaired) electrons. The number of aromatic nitrogens is 2. The second-order valence-corrected chi connectivity index (χ2v) is 8.41. The number of nitrogens with one attached hydrogen (secondary N) is 1. The van der Waals surface area contributed by atoms with Crippen molar-refractivity contribution in [3.63, 3.8) is 0 Å². The van der Waals surface area contributed by atoms with Crippen LogP contribution in [-0.4, -0.2) is 27.5 Å². The molecule has 0 saturated heterocycles. The summed E-state index contributed by atoms with van der Waals surface area (Å²) in [6.45, 7) is 8.33. The molecular weight excluding hydrogens is 302 g/mol. The molecule has 3 nitrogen and oxygen atoms in total. The smallest absolute Gasteiger partial charge is 0.137 e. The number of rotatable bonds is 3. The topological polar surface area (TPSA) is 37.8 Å². The molecule has 2 rings (SSSR count). The van der Waals surface area contributed by atoms with E-state index in [1.165, 1.54) is 25.7 Å². The molecule has 1 aromatic heterocycles. The lowest BCUT2D eigenvalue weighted by Crippen LogP contribution is -2.28. The Balaban J connectivity index is 2.14. The third kappa shape index (κ3) is 4.26. The minimum atomic E-state index is -0.0930. The molecule has 0 bridgehead atoms. The molecule has 5 heteroatoms. The van der Waals surface area contributed by atoms with Crippen molar-refractivity contribution < 1.29 is 0 Å². The van der Waals surface area contributed by atoms with E-state index in [9.17, 15) is 0 Å². The van der Waals surface area contributed by atoms with Gasteiger partial charge in [-0.15, -0.1) is 0 Å². The van der Waals surface area contributed by atoms with Crippen LogP contribution in [0.5, 0.6) is 0 Å². The zero-order valence-corrected chi connectivity index (χ0v) is 15.2. The molecule has 21 heavy (non-hydrogen) atoms. The molecule has 0 atom stereocenters. The first kappa shape index (κ1) is 16.9. The number of hydrogen-bond donors (Lipinski definition) is 1. The highest BCUT2D eigenvalue weighted by atomic mass is 35.5. The zero-order chi connectivity index (χ0) is 15.6. The molecule has 0 aliphatic heterocycles. The van der Waals surface area contributed by atoms with E-state index in [0.29, 0.717) is 11.2 Å². The molecule has 0 unspecified atom stereocenters. The molecular formula is C16H26ClN3S. The summed E-state index contributed by atoms with van der Waals surface area (Å²) >= 11 is 8.28. The Morgan fingerprint density at radius 3 is 2.29 bits per heavy atom. The molecule has 0 aromatic carbocycles. The number of anilines is 1. The van der Waals surface area contributed by atoms with Crippen LogP contribution in [0.25, 0.3) is 0 Å². The summed E-state index contributed by atoms with van der Waals surface area (Å²) in [6, 6.07) is 0.505. The van der Waals surface area contributed by atoms with Crippen LogP contribution in [0, 0.1) is 6.92 Å². The Morgan fingerprint density at radius 2 is 1.76 bits per heavy atom. The standard InChI is InChI=1S/C16H26ClN3S/c1-10-13(17)19-15(16(2,3)4)20-14(10)18-11-6-8-12(21-5)9-7-11/h11-12H,6-9H2,1-5H3,(H,18,19,20). The number of halogens is 1. The quantitative estimate of drug-likeness (QED) is 0.807. The Hall–Kier alpha value is -0.480. The third-order valence-electron chi connectivity index (χ3n) is 4.11. The molecule has 1 aromatic rings. The van der Waals surface area contributed by atoms with Gasteiger partial charge in [0.25, 0.3) is 0 Å². The van der Waals surface area contributed by atoms with Crippen LogP contribution in [0.4, 0.5) is 5.82 Å². The third-order valence-corrected chi connectivity index (χ3v) is 5.61. The lowest BCUT2D eigenvalue weighted by atomic mass is 9.94. The van der Waals surface area contributed by atoms with Crippen LogP contribution in [-0.2, 0) is 5.41 Å². The predicted octanol–water partition coefficient (Wildman–Crippen LogP) is 4.82. The summed E-state index contributed by atoms with van der Waals surface area (Å²) in [5, 5.41) is 4.99. The van der Waals surface area contributed by atoms with Gasteiger partial charge in [0.05, 0.1) is 0 Å². The number of hydrogen-bond acceptors (Lipinski definition) is 4. The first-order valence-corrected chi connectivity index (χ1v) is 9.31. The highest BCUT2D eigenvalue weighted by Crippen LogP contribution is 2.31. The molecule has 118 valence electrons.